The van der Waals surface area contributed by atoms with Crippen LogP contribution >= 0.6 is 0 Å². The zero-order chi connectivity index (χ0) is 23.3. The van der Waals surface area contributed by atoms with E-state index in [0.717, 1.165) is 18.4 Å². The summed E-state index contributed by atoms with van der Waals surface area (Å²) in [6.45, 7) is 2.31. The molecular weight excluding hydrogens is 414 g/mol. The van der Waals surface area contributed by atoms with Crippen molar-refractivity contribution in [3.8, 4) is 11.5 Å². The van der Waals surface area contributed by atoms with Gasteiger partial charge in [0.1, 0.15) is 6.04 Å². The van der Waals surface area contributed by atoms with Crippen LogP contribution in [0.2, 0.25) is 0 Å². The van der Waals surface area contributed by atoms with Crippen molar-refractivity contribution in [3.05, 3.63) is 63.2 Å². The molecule has 1 saturated heterocycles. The number of carbonyl (C=O) groups excluding carboxylic acids is 2. The van der Waals surface area contributed by atoms with Gasteiger partial charge in [0.25, 0.3) is 11.6 Å². The topological polar surface area (TPSA) is 111 Å². The molecule has 32 heavy (non-hydrogen) atoms. The second-order valence-electron chi connectivity index (χ2n) is 7.68. The van der Waals surface area contributed by atoms with Gasteiger partial charge >= 0.3 is 0 Å². The highest BCUT2D eigenvalue weighted by molar-refractivity contribution is 5.98. The first kappa shape index (κ1) is 23.1. The molecule has 1 unspecified atom stereocenters. The summed E-state index contributed by atoms with van der Waals surface area (Å²) in [6.07, 6.45) is 2.13. The van der Waals surface area contributed by atoms with E-state index in [1.165, 1.54) is 25.2 Å². The number of methoxy groups -OCH3 is 2. The maximum absolute atomic E-state index is 13.5. The lowest BCUT2D eigenvalue weighted by Crippen LogP contribution is -2.48. The molecule has 1 fully saturated rings. The number of amides is 2. The van der Waals surface area contributed by atoms with Gasteiger partial charge in [-0.1, -0.05) is 12.1 Å². The van der Waals surface area contributed by atoms with Crippen LogP contribution in [0.3, 0.4) is 0 Å². The monoisotopic (exact) mass is 441 g/mol. The Morgan fingerprint density at radius 1 is 1.16 bits per heavy atom. The highest BCUT2D eigenvalue weighted by atomic mass is 16.6. The summed E-state index contributed by atoms with van der Waals surface area (Å²) in [4.78, 5) is 38.7. The van der Waals surface area contributed by atoms with Crippen LogP contribution in [0.5, 0.6) is 11.5 Å². The zero-order valence-electron chi connectivity index (χ0n) is 18.4. The first-order chi connectivity index (χ1) is 15.3. The molecule has 1 N–H and O–H groups in total. The molecule has 2 aromatic carbocycles. The quantitative estimate of drug-likeness (QED) is 0.522. The number of carbonyl (C=O) groups is 2. The Morgan fingerprint density at radius 2 is 1.91 bits per heavy atom. The maximum Gasteiger partial charge on any atom is 0.273 e. The summed E-state index contributed by atoms with van der Waals surface area (Å²) >= 11 is 0. The Kier molecular flexibility index (Phi) is 7.29. The van der Waals surface area contributed by atoms with Gasteiger partial charge in [-0.15, -0.1) is 0 Å². The minimum Gasteiger partial charge on any atom is -0.493 e. The van der Waals surface area contributed by atoms with Crippen molar-refractivity contribution in [1.82, 2.24) is 10.2 Å². The second kappa shape index (κ2) is 10.1. The van der Waals surface area contributed by atoms with E-state index in [0.29, 0.717) is 30.0 Å². The lowest BCUT2D eigenvalue weighted by molar-refractivity contribution is -0.385. The molecule has 0 saturated carbocycles. The van der Waals surface area contributed by atoms with Gasteiger partial charge in [0.15, 0.2) is 11.5 Å². The van der Waals surface area contributed by atoms with Crippen molar-refractivity contribution >= 4 is 17.5 Å². The summed E-state index contributed by atoms with van der Waals surface area (Å²) in [5.74, 6) is 0.395. The average Bonchev–Trinajstić information content (AvgIpc) is 3.01. The van der Waals surface area contributed by atoms with E-state index in [1.807, 2.05) is 0 Å². The minimum atomic E-state index is -0.682. The van der Waals surface area contributed by atoms with Crippen LogP contribution < -0.4 is 14.8 Å². The van der Waals surface area contributed by atoms with Crippen molar-refractivity contribution in [1.29, 1.82) is 0 Å². The van der Waals surface area contributed by atoms with Crippen LogP contribution in [0.1, 0.15) is 40.7 Å². The summed E-state index contributed by atoms with van der Waals surface area (Å²) in [5, 5.41) is 14.2. The van der Waals surface area contributed by atoms with E-state index in [9.17, 15) is 19.7 Å². The fourth-order valence-corrected chi connectivity index (χ4v) is 3.82. The van der Waals surface area contributed by atoms with Crippen LogP contribution in [-0.2, 0) is 11.3 Å². The number of nitrogens with zero attached hydrogens (tertiary/aromatic N) is 2. The Labute approximate surface area is 186 Å². The van der Waals surface area contributed by atoms with Gasteiger partial charge in [-0.2, -0.15) is 0 Å². The molecule has 1 aliphatic rings. The van der Waals surface area contributed by atoms with Crippen molar-refractivity contribution in [2.75, 3.05) is 20.8 Å². The number of nitro benzene ring substituents is 1. The molecule has 2 aromatic rings. The summed E-state index contributed by atoms with van der Waals surface area (Å²) in [5.41, 5.74) is 1.24. The average molecular weight is 441 g/mol. The van der Waals surface area contributed by atoms with E-state index >= 15 is 0 Å². The van der Waals surface area contributed by atoms with Crippen molar-refractivity contribution < 1.29 is 24.0 Å². The van der Waals surface area contributed by atoms with Gasteiger partial charge in [0.2, 0.25) is 5.91 Å². The lowest BCUT2D eigenvalue weighted by Gasteiger charge is -2.30. The van der Waals surface area contributed by atoms with Gasteiger partial charge in [-0.3, -0.25) is 19.7 Å². The second-order valence-corrected chi connectivity index (χ2v) is 7.68. The standard InChI is InChI=1S/C23H27N3O6/c1-15-7-9-17(13-19(15)26(29)30)23(28)25(18-6-4-5-11-24-22(18)27)14-16-8-10-20(31-2)21(12-16)32-3/h7-10,12-13,18H,4-6,11,14H2,1-3H3,(H,24,27). The smallest absolute Gasteiger partial charge is 0.273 e. The Hall–Kier alpha value is -3.62. The van der Waals surface area contributed by atoms with E-state index in [-0.39, 0.29) is 23.7 Å². The van der Waals surface area contributed by atoms with Gasteiger partial charge in [0.05, 0.1) is 19.1 Å². The third-order valence-corrected chi connectivity index (χ3v) is 5.60. The molecule has 1 heterocycles. The van der Waals surface area contributed by atoms with Gasteiger partial charge in [-0.25, -0.2) is 0 Å². The van der Waals surface area contributed by atoms with E-state index in [2.05, 4.69) is 5.32 Å². The van der Waals surface area contributed by atoms with Crippen LogP contribution in [-0.4, -0.2) is 48.4 Å². The van der Waals surface area contributed by atoms with Gasteiger partial charge < -0.3 is 19.7 Å². The molecule has 0 spiro atoms. The Morgan fingerprint density at radius 3 is 2.59 bits per heavy atom. The first-order valence-corrected chi connectivity index (χ1v) is 10.4. The van der Waals surface area contributed by atoms with Crippen LogP contribution in [0.25, 0.3) is 0 Å². The number of aryl methyl sites for hydroxylation is 1. The molecule has 170 valence electrons. The molecular formula is C23H27N3O6. The number of hydrogen-bond acceptors (Lipinski definition) is 6. The number of benzene rings is 2. The largest absolute Gasteiger partial charge is 0.493 e. The summed E-state index contributed by atoms with van der Waals surface area (Å²) in [7, 11) is 3.06. The van der Waals surface area contributed by atoms with Gasteiger partial charge in [0, 0.05) is 30.3 Å². The molecule has 1 atom stereocenters. The Bertz CT molecular complexity index is 1020. The lowest BCUT2D eigenvalue weighted by atomic mass is 10.0. The molecule has 0 radical (unpaired) electrons. The van der Waals surface area contributed by atoms with Crippen molar-refractivity contribution in [3.63, 3.8) is 0 Å². The SMILES string of the molecule is COc1ccc(CN(C(=O)c2ccc(C)c([N+](=O)[O-])c2)C2CCCCNC2=O)cc1OC. The van der Waals surface area contributed by atoms with Crippen LogP contribution in [0.4, 0.5) is 5.69 Å². The molecule has 9 heteroatoms. The predicted octanol–water partition coefficient (Wildman–Crippen LogP) is 3.23. The molecule has 0 aliphatic carbocycles. The predicted molar refractivity (Wildman–Crippen MR) is 118 cm³/mol. The molecule has 0 bridgehead atoms. The fourth-order valence-electron chi connectivity index (χ4n) is 3.82. The molecule has 0 aromatic heterocycles. The highest BCUT2D eigenvalue weighted by Crippen LogP contribution is 2.29. The number of ether oxygens (including phenoxy) is 2. The molecule has 9 nitrogen and oxygen atoms in total. The number of hydrogen-bond donors (Lipinski definition) is 1. The van der Waals surface area contributed by atoms with E-state index in [4.69, 9.17) is 9.47 Å². The molecule has 2 amide bonds. The summed E-state index contributed by atoms with van der Waals surface area (Å²) in [6, 6.07) is 8.99. The first-order valence-electron chi connectivity index (χ1n) is 10.4. The normalized spacial score (nSPS) is 16.0. The van der Waals surface area contributed by atoms with Gasteiger partial charge in [-0.05, 0) is 49.9 Å². The number of nitrogens with one attached hydrogen (secondary N) is 1. The molecule has 1 aliphatic heterocycles. The highest BCUT2D eigenvalue weighted by Gasteiger charge is 2.32. The maximum atomic E-state index is 13.5. The molecule has 3 rings (SSSR count). The third kappa shape index (κ3) is 4.99. The minimum absolute atomic E-state index is 0.132. The van der Waals surface area contributed by atoms with Crippen molar-refractivity contribution in [2.24, 2.45) is 0 Å². The number of nitro groups is 1. The summed E-state index contributed by atoms with van der Waals surface area (Å²) < 4.78 is 10.6. The van der Waals surface area contributed by atoms with Crippen LogP contribution in [0, 0.1) is 17.0 Å². The fraction of sp³-hybridized carbons (Fsp3) is 0.391. The Balaban J connectivity index is 2.01. The zero-order valence-corrected chi connectivity index (χ0v) is 18.4. The van der Waals surface area contributed by atoms with Crippen molar-refractivity contribution in [2.45, 2.75) is 38.8 Å². The number of rotatable bonds is 7. The van der Waals surface area contributed by atoms with E-state index in [1.54, 1.807) is 37.3 Å². The third-order valence-electron chi connectivity index (χ3n) is 5.60. The van der Waals surface area contributed by atoms with E-state index < -0.39 is 16.9 Å². The van der Waals surface area contributed by atoms with Crippen LogP contribution in [0.15, 0.2) is 36.4 Å².